The number of nitrogens with zero attached hydrogens (tertiary/aromatic N) is 1. The van der Waals surface area contributed by atoms with E-state index in [4.69, 9.17) is 11.5 Å². The van der Waals surface area contributed by atoms with Gasteiger partial charge in [-0.25, -0.2) is 13.6 Å². The fraction of sp³-hybridized carbons (Fsp3) is 0.308. The summed E-state index contributed by atoms with van der Waals surface area (Å²) in [7, 11) is 0. The number of hydrogen-bond donors (Lipinski definition) is 2. The molecule has 6 heteroatoms. The van der Waals surface area contributed by atoms with Gasteiger partial charge >= 0.3 is 6.03 Å². The lowest BCUT2D eigenvalue weighted by atomic mass is 10.2. The van der Waals surface area contributed by atoms with Crippen LogP contribution in [0.4, 0.5) is 19.3 Å². The molecule has 2 N–H and O–H groups in total. The minimum absolute atomic E-state index is 0.0516. The number of hydrogen-bond acceptors (Lipinski definition) is 2. The van der Waals surface area contributed by atoms with Crippen LogP contribution in [-0.4, -0.2) is 35.7 Å². The van der Waals surface area contributed by atoms with Crippen LogP contribution in [0.1, 0.15) is 12.5 Å². The third kappa shape index (κ3) is 3.66. The number of anilines is 1. The van der Waals surface area contributed by atoms with Gasteiger partial charge in [0.1, 0.15) is 5.69 Å². The molecule has 1 aromatic carbocycles. The quantitative estimate of drug-likeness (QED) is 0.818. The van der Waals surface area contributed by atoms with Gasteiger partial charge in [-0.3, -0.25) is 0 Å². The molecule has 0 spiro atoms. The SMILES string of the molecule is C#Cc1cc(F)c(NC(=O)N(CC)CCO)c(F)c1. The van der Waals surface area contributed by atoms with E-state index in [2.05, 4.69) is 11.2 Å². The van der Waals surface area contributed by atoms with Crippen molar-refractivity contribution in [3.05, 3.63) is 29.3 Å². The molecule has 0 heterocycles. The van der Waals surface area contributed by atoms with E-state index in [0.717, 1.165) is 12.1 Å². The van der Waals surface area contributed by atoms with Crippen LogP contribution >= 0.6 is 0 Å². The summed E-state index contributed by atoms with van der Waals surface area (Å²) < 4.78 is 27.2. The Kier molecular flexibility index (Phi) is 5.27. The van der Waals surface area contributed by atoms with Crippen LogP contribution in [0.15, 0.2) is 12.1 Å². The van der Waals surface area contributed by atoms with Gasteiger partial charge in [-0.05, 0) is 19.1 Å². The molecule has 4 nitrogen and oxygen atoms in total. The number of amides is 2. The molecule has 0 bridgehead atoms. The largest absolute Gasteiger partial charge is 0.395 e. The number of aliphatic hydroxyl groups is 1. The van der Waals surface area contributed by atoms with Crippen molar-refractivity contribution in [2.45, 2.75) is 6.92 Å². The number of rotatable bonds is 4. The zero-order chi connectivity index (χ0) is 14.4. The summed E-state index contributed by atoms with van der Waals surface area (Å²) in [5, 5.41) is 10.9. The van der Waals surface area contributed by atoms with Gasteiger partial charge in [0.25, 0.3) is 0 Å². The van der Waals surface area contributed by atoms with E-state index in [-0.39, 0.29) is 18.7 Å². The van der Waals surface area contributed by atoms with E-state index in [9.17, 15) is 13.6 Å². The molecule has 0 fully saturated rings. The van der Waals surface area contributed by atoms with Crippen molar-refractivity contribution >= 4 is 11.7 Å². The van der Waals surface area contributed by atoms with E-state index < -0.39 is 23.4 Å². The highest BCUT2D eigenvalue weighted by molar-refractivity contribution is 5.89. The predicted octanol–water partition coefficient (Wildman–Crippen LogP) is 1.79. The molecule has 0 aliphatic heterocycles. The number of halogens is 2. The van der Waals surface area contributed by atoms with Gasteiger partial charge in [-0.2, -0.15) is 0 Å². The van der Waals surface area contributed by atoms with Crippen LogP contribution in [0.5, 0.6) is 0 Å². The Bertz CT molecular complexity index is 489. The maximum Gasteiger partial charge on any atom is 0.322 e. The third-order valence-corrected chi connectivity index (χ3v) is 2.48. The van der Waals surface area contributed by atoms with Crippen LogP contribution in [0.3, 0.4) is 0 Å². The monoisotopic (exact) mass is 268 g/mol. The van der Waals surface area contributed by atoms with E-state index >= 15 is 0 Å². The predicted molar refractivity (Wildman–Crippen MR) is 67.6 cm³/mol. The van der Waals surface area contributed by atoms with Crippen molar-refractivity contribution in [3.8, 4) is 12.3 Å². The summed E-state index contributed by atoms with van der Waals surface area (Å²) in [5.74, 6) is 0.221. The second-order valence-electron chi connectivity index (χ2n) is 3.69. The van der Waals surface area contributed by atoms with E-state index in [1.54, 1.807) is 6.92 Å². The van der Waals surface area contributed by atoms with Crippen molar-refractivity contribution in [3.63, 3.8) is 0 Å². The fourth-order valence-electron chi connectivity index (χ4n) is 1.49. The summed E-state index contributed by atoms with van der Waals surface area (Å²) in [5.41, 5.74) is -0.504. The van der Waals surface area contributed by atoms with Crippen molar-refractivity contribution < 1.29 is 18.7 Å². The number of benzene rings is 1. The number of carbonyl (C=O) groups excluding carboxylic acids is 1. The molecule has 0 saturated heterocycles. The number of terminal acetylenes is 1. The van der Waals surface area contributed by atoms with Crippen LogP contribution in [0, 0.1) is 24.0 Å². The first-order valence-electron chi connectivity index (χ1n) is 5.65. The Labute approximate surface area is 110 Å². The van der Waals surface area contributed by atoms with Crippen molar-refractivity contribution in [1.29, 1.82) is 0 Å². The number of nitrogens with one attached hydrogen (secondary N) is 1. The average Bonchev–Trinajstić information content (AvgIpc) is 2.39. The van der Waals surface area contributed by atoms with Crippen molar-refractivity contribution in [1.82, 2.24) is 4.90 Å². The first-order valence-corrected chi connectivity index (χ1v) is 5.65. The zero-order valence-corrected chi connectivity index (χ0v) is 10.4. The highest BCUT2D eigenvalue weighted by Gasteiger charge is 2.17. The molecule has 0 atom stereocenters. The molecule has 0 unspecified atom stereocenters. The smallest absolute Gasteiger partial charge is 0.322 e. The number of carbonyl (C=O) groups is 1. The summed E-state index contributed by atoms with van der Waals surface area (Å²) in [6.45, 7) is 1.83. The molecule has 19 heavy (non-hydrogen) atoms. The molecule has 0 aliphatic carbocycles. The van der Waals surface area contributed by atoms with Crippen molar-refractivity contribution in [2.75, 3.05) is 25.0 Å². The Morgan fingerprint density at radius 3 is 2.47 bits per heavy atom. The van der Waals surface area contributed by atoms with Crippen LogP contribution in [0.25, 0.3) is 0 Å². The normalized spacial score (nSPS) is 9.84. The maximum atomic E-state index is 13.6. The topological polar surface area (TPSA) is 52.6 Å². The maximum absolute atomic E-state index is 13.6. The zero-order valence-electron chi connectivity index (χ0n) is 10.4. The Morgan fingerprint density at radius 1 is 1.47 bits per heavy atom. The molecule has 2 amide bonds. The standard InChI is InChI=1S/C13H14F2N2O2/c1-3-9-7-10(14)12(11(15)8-9)16-13(19)17(4-2)5-6-18/h1,7-8,18H,4-6H2,2H3,(H,16,19). The minimum Gasteiger partial charge on any atom is -0.395 e. The lowest BCUT2D eigenvalue weighted by Gasteiger charge is -2.20. The summed E-state index contributed by atoms with van der Waals surface area (Å²) in [4.78, 5) is 12.9. The molecular weight excluding hydrogens is 254 g/mol. The van der Waals surface area contributed by atoms with Gasteiger partial charge in [0, 0.05) is 18.7 Å². The molecule has 102 valence electrons. The van der Waals surface area contributed by atoms with Gasteiger partial charge < -0.3 is 15.3 Å². The van der Waals surface area contributed by atoms with Crippen LogP contribution in [-0.2, 0) is 0 Å². The van der Waals surface area contributed by atoms with Crippen LogP contribution < -0.4 is 5.32 Å². The summed E-state index contributed by atoms with van der Waals surface area (Å²) in [6.07, 6.45) is 5.04. The highest BCUT2D eigenvalue weighted by Crippen LogP contribution is 2.20. The summed E-state index contributed by atoms with van der Waals surface area (Å²) in [6, 6.07) is 1.23. The van der Waals surface area contributed by atoms with Crippen LogP contribution in [0.2, 0.25) is 0 Å². The molecule has 0 aromatic heterocycles. The van der Waals surface area contributed by atoms with Gasteiger partial charge in [0.15, 0.2) is 11.6 Å². The Morgan fingerprint density at radius 2 is 2.05 bits per heavy atom. The highest BCUT2D eigenvalue weighted by atomic mass is 19.1. The number of aliphatic hydroxyl groups excluding tert-OH is 1. The number of likely N-dealkylation sites (N-methyl/N-ethyl adjacent to an activating group) is 1. The van der Waals surface area contributed by atoms with Gasteiger partial charge in [0.05, 0.1) is 6.61 Å². The lowest BCUT2D eigenvalue weighted by Crippen LogP contribution is -2.37. The third-order valence-electron chi connectivity index (χ3n) is 2.48. The second kappa shape index (κ2) is 6.71. The van der Waals surface area contributed by atoms with Crippen molar-refractivity contribution in [2.24, 2.45) is 0 Å². The van der Waals surface area contributed by atoms with Gasteiger partial charge in [0.2, 0.25) is 0 Å². The van der Waals surface area contributed by atoms with E-state index in [1.165, 1.54) is 4.90 Å². The Hall–Kier alpha value is -2.13. The number of urea groups is 1. The first kappa shape index (κ1) is 14.9. The molecule has 0 radical (unpaired) electrons. The first-order chi connectivity index (χ1) is 9.03. The molecule has 1 rings (SSSR count). The van der Waals surface area contributed by atoms with E-state index in [0.29, 0.717) is 6.54 Å². The molecule has 0 saturated carbocycles. The fourth-order valence-corrected chi connectivity index (χ4v) is 1.49. The second-order valence-corrected chi connectivity index (χ2v) is 3.69. The molecule has 0 aliphatic rings. The molecular formula is C13H14F2N2O2. The summed E-state index contributed by atoms with van der Waals surface area (Å²) >= 11 is 0. The lowest BCUT2D eigenvalue weighted by molar-refractivity contribution is 0.191. The molecule has 1 aromatic rings. The minimum atomic E-state index is -0.943. The van der Waals surface area contributed by atoms with Gasteiger partial charge in [-0.1, -0.05) is 5.92 Å². The Balaban J connectivity index is 2.94. The average molecular weight is 268 g/mol. The van der Waals surface area contributed by atoms with Gasteiger partial charge in [-0.15, -0.1) is 6.42 Å². The van der Waals surface area contributed by atoms with E-state index in [1.807, 2.05) is 0 Å².